The van der Waals surface area contributed by atoms with E-state index in [1.807, 2.05) is 0 Å². The second-order valence-electron chi connectivity index (χ2n) is 7.69. The van der Waals surface area contributed by atoms with Gasteiger partial charge in [-0.1, -0.05) is 0 Å². The molecule has 1 unspecified atom stereocenters. The van der Waals surface area contributed by atoms with Gasteiger partial charge >= 0.3 is 18.1 Å². The topological polar surface area (TPSA) is 91.3 Å². The Balaban J connectivity index is 0.000000370. The molecular formula is C18H30F3N3O5. The Bertz CT molecular complexity index is 537. The smallest absolute Gasteiger partial charge is 0.475 e. The number of alkyl halides is 3. The van der Waals surface area contributed by atoms with Crippen molar-refractivity contribution in [3.05, 3.63) is 0 Å². The largest absolute Gasteiger partial charge is 0.490 e. The first-order chi connectivity index (χ1) is 13.7. The Morgan fingerprint density at radius 2 is 1.83 bits per heavy atom. The van der Waals surface area contributed by atoms with Gasteiger partial charge in [0.05, 0.1) is 13.2 Å². The number of likely N-dealkylation sites (tertiary alicyclic amines) is 1. The highest BCUT2D eigenvalue weighted by atomic mass is 19.4. The van der Waals surface area contributed by atoms with Crippen LogP contribution in [0.25, 0.3) is 0 Å². The molecule has 1 atom stereocenters. The molecule has 0 aromatic carbocycles. The summed E-state index contributed by atoms with van der Waals surface area (Å²) in [6.45, 7) is 7.15. The van der Waals surface area contributed by atoms with E-state index in [2.05, 4.69) is 22.2 Å². The zero-order valence-electron chi connectivity index (χ0n) is 16.6. The number of piperazine rings is 1. The number of hydrogen-bond acceptors (Lipinski definition) is 7. The van der Waals surface area contributed by atoms with Gasteiger partial charge in [-0.25, -0.2) is 4.79 Å². The number of carbonyl (C=O) groups excluding carboxylic acids is 1. The third-order valence-electron chi connectivity index (χ3n) is 5.42. The van der Waals surface area contributed by atoms with Crippen molar-refractivity contribution in [1.29, 1.82) is 0 Å². The van der Waals surface area contributed by atoms with E-state index in [0.29, 0.717) is 19.8 Å². The summed E-state index contributed by atoms with van der Waals surface area (Å²) in [5.74, 6) is -2.03. The number of ether oxygens (including phenoxy) is 2. The Kier molecular flexibility index (Phi) is 9.12. The van der Waals surface area contributed by atoms with Crippen LogP contribution in [0.4, 0.5) is 13.2 Å². The lowest BCUT2D eigenvalue weighted by Gasteiger charge is -2.37. The summed E-state index contributed by atoms with van der Waals surface area (Å²) >= 11 is 0. The van der Waals surface area contributed by atoms with Gasteiger partial charge in [0, 0.05) is 19.6 Å². The van der Waals surface area contributed by atoms with Crippen LogP contribution < -0.4 is 5.32 Å². The molecule has 3 fully saturated rings. The molecule has 0 aliphatic carbocycles. The molecule has 0 radical (unpaired) electrons. The van der Waals surface area contributed by atoms with Crippen molar-refractivity contribution in [1.82, 2.24) is 15.1 Å². The van der Waals surface area contributed by atoms with Gasteiger partial charge < -0.3 is 24.8 Å². The van der Waals surface area contributed by atoms with Gasteiger partial charge in [0.25, 0.3) is 0 Å². The SMILES string of the molecule is CN1CCC(CCN2CCNCC2C(=O)OC2COC2)CC1.O=C(O)C(F)(F)F. The van der Waals surface area contributed by atoms with Crippen molar-refractivity contribution in [2.75, 3.05) is 59.5 Å². The molecule has 0 saturated carbocycles. The second kappa shape index (κ2) is 11.1. The normalized spacial score (nSPS) is 24.9. The van der Waals surface area contributed by atoms with Crippen LogP contribution in [0, 0.1) is 5.92 Å². The predicted octanol–water partition coefficient (Wildman–Crippen LogP) is 0.567. The first kappa shape index (κ1) is 23.8. The lowest BCUT2D eigenvalue weighted by Crippen LogP contribution is -2.57. The van der Waals surface area contributed by atoms with Crippen LogP contribution >= 0.6 is 0 Å². The molecule has 168 valence electrons. The summed E-state index contributed by atoms with van der Waals surface area (Å²) in [6.07, 6.45) is -1.33. The number of carboxylic acid groups (broad SMARTS) is 1. The molecule has 0 aromatic rings. The fraction of sp³-hybridized carbons (Fsp3) is 0.889. The quantitative estimate of drug-likeness (QED) is 0.618. The molecular weight excluding hydrogens is 395 g/mol. The van der Waals surface area contributed by atoms with Gasteiger partial charge in [0.2, 0.25) is 0 Å². The molecule has 29 heavy (non-hydrogen) atoms. The molecule has 3 aliphatic heterocycles. The van der Waals surface area contributed by atoms with E-state index in [-0.39, 0.29) is 18.1 Å². The average molecular weight is 425 g/mol. The highest BCUT2D eigenvalue weighted by molar-refractivity contribution is 5.76. The lowest BCUT2D eigenvalue weighted by atomic mass is 9.93. The van der Waals surface area contributed by atoms with E-state index in [9.17, 15) is 18.0 Å². The summed E-state index contributed by atoms with van der Waals surface area (Å²) in [4.78, 5) is 26.0. The Labute approximate surface area is 168 Å². The number of hydrogen-bond donors (Lipinski definition) is 2. The highest BCUT2D eigenvalue weighted by Gasteiger charge is 2.38. The number of aliphatic carboxylic acids is 1. The van der Waals surface area contributed by atoms with Crippen LogP contribution in [-0.2, 0) is 19.1 Å². The van der Waals surface area contributed by atoms with Gasteiger partial charge in [-0.2, -0.15) is 13.2 Å². The van der Waals surface area contributed by atoms with Crippen molar-refractivity contribution in [3.63, 3.8) is 0 Å². The molecule has 0 spiro atoms. The molecule has 3 heterocycles. The maximum absolute atomic E-state index is 12.3. The minimum Gasteiger partial charge on any atom is -0.475 e. The van der Waals surface area contributed by atoms with Crippen LogP contribution in [-0.4, -0.2) is 105 Å². The predicted molar refractivity (Wildman–Crippen MR) is 97.5 cm³/mol. The monoisotopic (exact) mass is 425 g/mol. The van der Waals surface area contributed by atoms with E-state index in [1.54, 1.807) is 0 Å². The van der Waals surface area contributed by atoms with Crippen LogP contribution in [0.5, 0.6) is 0 Å². The molecule has 2 N–H and O–H groups in total. The number of halogens is 3. The molecule has 11 heteroatoms. The summed E-state index contributed by atoms with van der Waals surface area (Å²) < 4.78 is 42.3. The van der Waals surface area contributed by atoms with Gasteiger partial charge in [-0.05, 0) is 51.9 Å². The van der Waals surface area contributed by atoms with Crippen LogP contribution in [0.1, 0.15) is 19.3 Å². The van der Waals surface area contributed by atoms with Gasteiger partial charge in [0.1, 0.15) is 12.1 Å². The maximum Gasteiger partial charge on any atom is 0.490 e. The number of carbonyl (C=O) groups is 2. The van der Waals surface area contributed by atoms with Crippen LogP contribution in [0.2, 0.25) is 0 Å². The number of nitrogens with zero attached hydrogens (tertiary/aromatic N) is 2. The standard InChI is InChI=1S/C16H29N3O3.C2HF3O2/c1-18-6-2-13(3-7-18)4-8-19-9-5-17-10-15(19)16(20)22-14-11-21-12-14;3-2(4,5)1(6)7/h13-15,17H,2-12H2,1H3;(H,6,7). The second-order valence-corrected chi connectivity index (χ2v) is 7.69. The fourth-order valence-corrected chi connectivity index (χ4v) is 3.47. The van der Waals surface area contributed by atoms with Crippen molar-refractivity contribution in [2.45, 2.75) is 37.6 Å². The van der Waals surface area contributed by atoms with Crippen LogP contribution in [0.3, 0.4) is 0 Å². The van der Waals surface area contributed by atoms with E-state index in [4.69, 9.17) is 19.4 Å². The molecule has 0 aromatic heterocycles. The van der Waals surface area contributed by atoms with Crippen molar-refractivity contribution < 1.29 is 37.3 Å². The zero-order chi connectivity index (χ0) is 21.4. The van der Waals surface area contributed by atoms with E-state index in [0.717, 1.165) is 25.6 Å². The average Bonchev–Trinajstić information content (AvgIpc) is 2.64. The Hall–Kier alpha value is -1.43. The number of nitrogens with one attached hydrogen (secondary N) is 1. The molecule has 3 rings (SSSR count). The third-order valence-corrected chi connectivity index (χ3v) is 5.42. The number of piperidine rings is 1. The lowest BCUT2D eigenvalue weighted by molar-refractivity contribution is -0.192. The summed E-state index contributed by atoms with van der Waals surface area (Å²) in [6, 6.07) is -0.124. The number of esters is 1. The third kappa shape index (κ3) is 8.07. The summed E-state index contributed by atoms with van der Waals surface area (Å²) in [5, 5.41) is 10.4. The van der Waals surface area contributed by atoms with Crippen molar-refractivity contribution in [3.8, 4) is 0 Å². The number of rotatable bonds is 5. The molecule has 8 nitrogen and oxygen atoms in total. The van der Waals surface area contributed by atoms with Gasteiger partial charge in [-0.15, -0.1) is 0 Å². The Morgan fingerprint density at radius 3 is 2.34 bits per heavy atom. The Morgan fingerprint density at radius 1 is 1.21 bits per heavy atom. The van der Waals surface area contributed by atoms with E-state index >= 15 is 0 Å². The molecule has 3 saturated heterocycles. The van der Waals surface area contributed by atoms with Gasteiger partial charge in [-0.3, -0.25) is 9.69 Å². The van der Waals surface area contributed by atoms with E-state index in [1.165, 1.54) is 32.4 Å². The zero-order valence-corrected chi connectivity index (χ0v) is 16.6. The van der Waals surface area contributed by atoms with Crippen molar-refractivity contribution in [2.24, 2.45) is 5.92 Å². The van der Waals surface area contributed by atoms with Crippen LogP contribution in [0.15, 0.2) is 0 Å². The van der Waals surface area contributed by atoms with Gasteiger partial charge in [0.15, 0.2) is 0 Å². The summed E-state index contributed by atoms with van der Waals surface area (Å²) in [5.41, 5.74) is 0. The first-order valence-corrected chi connectivity index (χ1v) is 9.88. The van der Waals surface area contributed by atoms with E-state index < -0.39 is 12.1 Å². The molecule has 0 bridgehead atoms. The first-order valence-electron chi connectivity index (χ1n) is 9.88. The molecule has 3 aliphatic rings. The van der Waals surface area contributed by atoms with Crippen molar-refractivity contribution >= 4 is 11.9 Å². The number of carboxylic acids is 1. The highest BCUT2D eigenvalue weighted by Crippen LogP contribution is 2.21. The minimum absolute atomic E-state index is 0.0230. The molecule has 0 amide bonds. The fourth-order valence-electron chi connectivity index (χ4n) is 3.47. The summed E-state index contributed by atoms with van der Waals surface area (Å²) in [7, 11) is 2.20. The maximum atomic E-state index is 12.3. The minimum atomic E-state index is -5.08.